The summed E-state index contributed by atoms with van der Waals surface area (Å²) in [6.07, 6.45) is -4.17. The van der Waals surface area contributed by atoms with Gasteiger partial charge in [-0.25, -0.2) is 0 Å². The van der Waals surface area contributed by atoms with Crippen molar-refractivity contribution in [3.05, 3.63) is 143 Å². The molecule has 0 heterocycles. The van der Waals surface area contributed by atoms with Crippen molar-refractivity contribution in [2.45, 2.75) is 24.4 Å². The highest BCUT2D eigenvalue weighted by atomic mass is 19.4. The third-order valence-corrected chi connectivity index (χ3v) is 6.11. The molecule has 0 spiro atoms. The summed E-state index contributed by atoms with van der Waals surface area (Å²) in [4.78, 5) is 12.8. The van der Waals surface area contributed by atoms with E-state index in [1.54, 1.807) is 0 Å². The first kappa shape index (κ1) is 24.3. The summed E-state index contributed by atoms with van der Waals surface area (Å²) >= 11 is 0. The third kappa shape index (κ3) is 6.38. The van der Waals surface area contributed by atoms with E-state index < -0.39 is 11.7 Å². The summed E-state index contributed by atoms with van der Waals surface area (Å²) in [5.74, 6) is -0.569. The van der Waals surface area contributed by atoms with Crippen LogP contribution in [0.25, 0.3) is 0 Å². The molecule has 4 aromatic rings. The lowest BCUT2D eigenvalue weighted by Gasteiger charge is -2.29. The fourth-order valence-electron chi connectivity index (χ4n) is 4.39. The van der Waals surface area contributed by atoms with Gasteiger partial charge in [-0.15, -0.1) is 0 Å². The van der Waals surface area contributed by atoms with Crippen LogP contribution >= 0.6 is 0 Å². The number of nitrogens with one attached hydrogen (secondary N) is 1. The number of carbonyl (C=O) groups excluding carboxylic acids is 1. The third-order valence-electron chi connectivity index (χ3n) is 6.11. The molecule has 0 aliphatic rings. The van der Waals surface area contributed by atoms with Crippen molar-refractivity contribution < 1.29 is 18.0 Å². The maximum atomic E-state index is 13.2. The Morgan fingerprint density at radius 2 is 1.14 bits per heavy atom. The molecule has 0 aliphatic heterocycles. The Bertz CT molecular complexity index is 1170. The predicted octanol–water partition coefficient (Wildman–Crippen LogP) is 6.98. The van der Waals surface area contributed by atoms with Crippen LogP contribution in [0.5, 0.6) is 0 Å². The van der Waals surface area contributed by atoms with Gasteiger partial charge in [0.05, 0.1) is 12.0 Å². The van der Waals surface area contributed by atoms with Crippen LogP contribution in [0.3, 0.4) is 0 Å². The van der Waals surface area contributed by atoms with Crippen molar-refractivity contribution in [3.63, 3.8) is 0 Å². The molecular formula is C30H26F3NO. The van der Waals surface area contributed by atoms with Gasteiger partial charge >= 0.3 is 6.18 Å². The van der Waals surface area contributed by atoms with E-state index in [1.165, 1.54) is 12.1 Å². The normalized spacial score (nSPS) is 12.3. The summed E-state index contributed by atoms with van der Waals surface area (Å²) in [5.41, 5.74) is 3.00. The van der Waals surface area contributed by atoms with Crippen LogP contribution in [0.15, 0.2) is 115 Å². The molecule has 0 saturated heterocycles. The summed E-state index contributed by atoms with van der Waals surface area (Å²) in [5, 5.41) is 3.03. The molecule has 1 unspecified atom stereocenters. The topological polar surface area (TPSA) is 29.1 Å². The minimum atomic E-state index is -4.41. The van der Waals surface area contributed by atoms with Gasteiger partial charge in [-0.3, -0.25) is 4.79 Å². The van der Waals surface area contributed by atoms with Gasteiger partial charge in [0, 0.05) is 18.4 Å². The van der Waals surface area contributed by atoms with Crippen LogP contribution in [0.4, 0.5) is 13.2 Å². The number of halogens is 3. The van der Waals surface area contributed by atoms with Gasteiger partial charge in [-0.1, -0.05) is 103 Å². The zero-order valence-electron chi connectivity index (χ0n) is 19.1. The maximum absolute atomic E-state index is 13.2. The molecule has 1 atom stereocenters. The molecule has 1 N–H and O–H groups in total. The SMILES string of the molecule is O=C(Cc1ccccc1)NCC(c1ccc(C(F)(F)F)cc1)C(c1ccccc1)c1ccccc1. The van der Waals surface area contributed by atoms with Gasteiger partial charge in [0.25, 0.3) is 0 Å². The first-order chi connectivity index (χ1) is 16.9. The Balaban J connectivity index is 1.68. The van der Waals surface area contributed by atoms with Crippen molar-refractivity contribution in [2.75, 3.05) is 6.54 Å². The van der Waals surface area contributed by atoms with E-state index in [9.17, 15) is 18.0 Å². The molecule has 1 amide bonds. The average Bonchev–Trinajstić information content (AvgIpc) is 2.88. The van der Waals surface area contributed by atoms with Gasteiger partial charge in [-0.2, -0.15) is 13.2 Å². The average molecular weight is 474 g/mol. The van der Waals surface area contributed by atoms with Crippen LogP contribution < -0.4 is 5.32 Å². The molecule has 0 bridgehead atoms. The van der Waals surface area contributed by atoms with E-state index in [2.05, 4.69) is 5.32 Å². The molecule has 5 heteroatoms. The Hall–Kier alpha value is -3.86. The zero-order chi connectivity index (χ0) is 24.7. The summed E-state index contributed by atoms with van der Waals surface area (Å²) in [6, 6.07) is 34.4. The van der Waals surface area contributed by atoms with Crippen LogP contribution in [-0.2, 0) is 17.4 Å². The summed E-state index contributed by atoms with van der Waals surface area (Å²) < 4.78 is 39.6. The molecule has 4 aromatic carbocycles. The molecular weight excluding hydrogens is 447 g/mol. The van der Waals surface area contributed by atoms with E-state index in [1.807, 2.05) is 91.0 Å². The van der Waals surface area contributed by atoms with Crippen LogP contribution in [0.1, 0.15) is 39.7 Å². The maximum Gasteiger partial charge on any atom is 0.416 e. The largest absolute Gasteiger partial charge is 0.416 e. The van der Waals surface area contributed by atoms with E-state index in [-0.39, 0.29) is 30.7 Å². The van der Waals surface area contributed by atoms with Crippen molar-refractivity contribution in [1.82, 2.24) is 5.32 Å². The fraction of sp³-hybridized carbons (Fsp3) is 0.167. The molecule has 4 rings (SSSR count). The number of carbonyl (C=O) groups is 1. The van der Waals surface area contributed by atoms with Gasteiger partial charge in [0.1, 0.15) is 0 Å². The van der Waals surface area contributed by atoms with Gasteiger partial charge in [-0.05, 0) is 34.4 Å². The molecule has 178 valence electrons. The quantitative estimate of drug-likeness (QED) is 0.294. The molecule has 2 nitrogen and oxygen atoms in total. The monoisotopic (exact) mass is 473 g/mol. The lowest BCUT2D eigenvalue weighted by atomic mass is 9.77. The van der Waals surface area contributed by atoms with Crippen LogP contribution in [0.2, 0.25) is 0 Å². The number of hydrogen-bond donors (Lipinski definition) is 1. The number of amides is 1. The highest BCUT2D eigenvalue weighted by Crippen LogP contribution is 2.39. The van der Waals surface area contributed by atoms with Crippen molar-refractivity contribution >= 4 is 5.91 Å². The Morgan fingerprint density at radius 1 is 0.657 bits per heavy atom. The first-order valence-corrected chi connectivity index (χ1v) is 11.5. The second-order valence-electron chi connectivity index (χ2n) is 8.49. The highest BCUT2D eigenvalue weighted by molar-refractivity contribution is 5.78. The van der Waals surface area contributed by atoms with Crippen molar-refractivity contribution in [3.8, 4) is 0 Å². The van der Waals surface area contributed by atoms with Gasteiger partial charge in [0.2, 0.25) is 5.91 Å². The van der Waals surface area contributed by atoms with E-state index in [0.29, 0.717) is 0 Å². The molecule has 0 aromatic heterocycles. The minimum Gasteiger partial charge on any atom is -0.355 e. The van der Waals surface area contributed by atoms with Crippen molar-refractivity contribution in [2.24, 2.45) is 0 Å². The molecule has 0 fully saturated rings. The van der Waals surface area contributed by atoms with E-state index in [0.717, 1.165) is 34.4 Å². The Labute approximate surface area is 203 Å². The number of hydrogen-bond acceptors (Lipinski definition) is 1. The smallest absolute Gasteiger partial charge is 0.355 e. The van der Waals surface area contributed by atoms with E-state index in [4.69, 9.17) is 0 Å². The second kappa shape index (κ2) is 11.0. The van der Waals surface area contributed by atoms with E-state index >= 15 is 0 Å². The Kier molecular flexibility index (Phi) is 7.66. The van der Waals surface area contributed by atoms with Crippen LogP contribution in [0, 0.1) is 0 Å². The lowest BCUT2D eigenvalue weighted by molar-refractivity contribution is -0.137. The molecule has 0 aliphatic carbocycles. The first-order valence-electron chi connectivity index (χ1n) is 11.5. The standard InChI is InChI=1S/C30H26F3NO/c31-30(32,33)26-18-16-23(17-19-26)27(21-34-28(35)20-22-10-4-1-5-11-22)29(24-12-6-2-7-13-24)25-14-8-3-9-15-25/h1-19,27,29H,20-21H2,(H,34,35). The summed E-state index contributed by atoms with van der Waals surface area (Å²) in [6.45, 7) is 0.283. The van der Waals surface area contributed by atoms with Crippen LogP contribution in [-0.4, -0.2) is 12.5 Å². The summed E-state index contributed by atoms with van der Waals surface area (Å²) in [7, 11) is 0. The molecule has 0 saturated carbocycles. The molecule has 0 radical (unpaired) electrons. The number of rotatable bonds is 8. The Morgan fingerprint density at radius 3 is 1.63 bits per heavy atom. The highest BCUT2D eigenvalue weighted by Gasteiger charge is 2.32. The molecule has 35 heavy (non-hydrogen) atoms. The van der Waals surface area contributed by atoms with Gasteiger partial charge < -0.3 is 5.32 Å². The fourth-order valence-corrected chi connectivity index (χ4v) is 4.39. The number of alkyl halides is 3. The zero-order valence-corrected chi connectivity index (χ0v) is 19.1. The van der Waals surface area contributed by atoms with Crippen molar-refractivity contribution in [1.29, 1.82) is 0 Å². The minimum absolute atomic E-state index is 0.131. The van der Waals surface area contributed by atoms with Gasteiger partial charge in [0.15, 0.2) is 0 Å². The number of benzene rings is 4. The second-order valence-corrected chi connectivity index (χ2v) is 8.49. The lowest BCUT2D eigenvalue weighted by Crippen LogP contribution is -2.32. The predicted molar refractivity (Wildman–Crippen MR) is 132 cm³/mol.